The monoisotopic (exact) mass is 351 g/mol. The molecule has 0 amide bonds. The summed E-state index contributed by atoms with van der Waals surface area (Å²) < 4.78 is 11.6. The number of ether oxygens (including phenoxy) is 2. The van der Waals surface area contributed by atoms with Crippen molar-refractivity contribution in [3.05, 3.63) is 53.0 Å². The van der Waals surface area contributed by atoms with Crippen molar-refractivity contribution in [2.75, 3.05) is 25.6 Å². The van der Waals surface area contributed by atoms with Crippen LogP contribution >= 0.6 is 15.9 Å². The highest BCUT2D eigenvalue weighted by Crippen LogP contribution is 2.18. The summed E-state index contributed by atoms with van der Waals surface area (Å²) in [5.41, 5.74) is 0.928. The minimum atomic E-state index is -0.592. The van der Waals surface area contributed by atoms with Crippen molar-refractivity contribution in [2.45, 2.75) is 6.10 Å². The van der Waals surface area contributed by atoms with Crippen LogP contribution in [-0.2, 0) is 0 Å². The van der Waals surface area contributed by atoms with Gasteiger partial charge in [-0.15, -0.1) is 0 Å². The summed E-state index contributed by atoms with van der Waals surface area (Å²) >= 11 is 3.38. The van der Waals surface area contributed by atoms with E-state index in [0.717, 1.165) is 21.7 Å². The molecule has 112 valence electrons. The van der Waals surface area contributed by atoms with Crippen LogP contribution in [0.4, 0.5) is 5.69 Å². The molecular formula is C16H18BrNO3. The first-order chi connectivity index (χ1) is 10.2. The average Bonchev–Trinajstić information content (AvgIpc) is 2.51. The molecule has 0 fully saturated rings. The van der Waals surface area contributed by atoms with Gasteiger partial charge in [-0.25, -0.2) is 0 Å². The van der Waals surface area contributed by atoms with Crippen molar-refractivity contribution in [1.29, 1.82) is 0 Å². The first-order valence-corrected chi connectivity index (χ1v) is 7.41. The Bertz CT molecular complexity index is 560. The number of nitrogens with one attached hydrogen (secondary N) is 1. The molecule has 0 aliphatic rings. The summed E-state index contributed by atoms with van der Waals surface area (Å²) in [6.07, 6.45) is -0.592. The molecule has 0 saturated heterocycles. The molecule has 1 atom stereocenters. The van der Waals surface area contributed by atoms with E-state index in [1.165, 1.54) is 0 Å². The molecule has 0 aromatic heterocycles. The van der Waals surface area contributed by atoms with Gasteiger partial charge in [0.25, 0.3) is 0 Å². The maximum absolute atomic E-state index is 9.92. The number of methoxy groups -OCH3 is 1. The summed E-state index contributed by atoms with van der Waals surface area (Å²) in [7, 11) is 1.63. The van der Waals surface area contributed by atoms with Crippen LogP contribution in [0.5, 0.6) is 11.5 Å². The second-order valence-corrected chi connectivity index (χ2v) is 5.45. The van der Waals surface area contributed by atoms with Crippen molar-refractivity contribution < 1.29 is 14.6 Å². The highest BCUT2D eigenvalue weighted by Gasteiger charge is 2.05. The van der Waals surface area contributed by atoms with Gasteiger partial charge in [-0.05, 0) is 42.5 Å². The lowest BCUT2D eigenvalue weighted by Gasteiger charge is -2.14. The maximum atomic E-state index is 9.92. The topological polar surface area (TPSA) is 50.7 Å². The largest absolute Gasteiger partial charge is 0.497 e. The number of hydrogen-bond acceptors (Lipinski definition) is 4. The summed E-state index contributed by atoms with van der Waals surface area (Å²) in [5.74, 6) is 1.53. The van der Waals surface area contributed by atoms with Crippen molar-refractivity contribution in [3.8, 4) is 11.5 Å². The van der Waals surface area contributed by atoms with E-state index in [2.05, 4.69) is 21.2 Å². The van der Waals surface area contributed by atoms with Crippen LogP contribution in [0, 0.1) is 0 Å². The highest BCUT2D eigenvalue weighted by molar-refractivity contribution is 9.10. The lowest BCUT2D eigenvalue weighted by molar-refractivity contribution is 0.117. The molecule has 0 spiro atoms. The first kappa shape index (κ1) is 15.7. The van der Waals surface area contributed by atoms with Gasteiger partial charge in [0.2, 0.25) is 0 Å². The molecule has 4 nitrogen and oxygen atoms in total. The van der Waals surface area contributed by atoms with Gasteiger partial charge in [-0.1, -0.05) is 22.0 Å². The van der Waals surface area contributed by atoms with E-state index in [-0.39, 0.29) is 6.61 Å². The molecule has 21 heavy (non-hydrogen) atoms. The molecule has 1 unspecified atom stereocenters. The fraction of sp³-hybridized carbons (Fsp3) is 0.250. The molecule has 2 aromatic carbocycles. The minimum absolute atomic E-state index is 0.236. The van der Waals surface area contributed by atoms with E-state index in [0.29, 0.717) is 6.54 Å². The third-order valence-corrected chi connectivity index (χ3v) is 3.36. The SMILES string of the molecule is COc1ccc(NCC(O)COc2cccc(Br)c2)cc1. The molecule has 2 N–H and O–H groups in total. The predicted molar refractivity (Wildman–Crippen MR) is 87.1 cm³/mol. The van der Waals surface area contributed by atoms with Crippen molar-refractivity contribution in [2.24, 2.45) is 0 Å². The Balaban J connectivity index is 1.75. The quantitative estimate of drug-likeness (QED) is 0.803. The fourth-order valence-electron chi connectivity index (χ4n) is 1.75. The molecule has 2 aromatic rings. The van der Waals surface area contributed by atoms with E-state index < -0.39 is 6.10 Å². The normalized spacial score (nSPS) is 11.8. The standard InChI is InChI=1S/C16H18BrNO3/c1-20-15-7-5-13(6-8-15)18-10-14(19)11-21-16-4-2-3-12(17)9-16/h2-9,14,18-19H,10-11H2,1H3. The lowest BCUT2D eigenvalue weighted by Crippen LogP contribution is -2.26. The van der Waals surface area contributed by atoms with E-state index >= 15 is 0 Å². The minimum Gasteiger partial charge on any atom is -0.497 e. The second kappa shape index (κ2) is 7.90. The summed E-state index contributed by atoms with van der Waals surface area (Å²) in [5, 5.41) is 13.1. The van der Waals surface area contributed by atoms with Crippen LogP contribution in [0.15, 0.2) is 53.0 Å². The zero-order chi connectivity index (χ0) is 15.1. The first-order valence-electron chi connectivity index (χ1n) is 6.62. The van der Waals surface area contributed by atoms with Gasteiger partial charge in [0.05, 0.1) is 7.11 Å². The van der Waals surface area contributed by atoms with Crippen molar-refractivity contribution >= 4 is 21.6 Å². The van der Waals surface area contributed by atoms with Gasteiger partial charge in [-0.2, -0.15) is 0 Å². The zero-order valence-corrected chi connectivity index (χ0v) is 13.3. The molecule has 0 bridgehead atoms. The Hall–Kier alpha value is -1.72. The van der Waals surface area contributed by atoms with E-state index in [1.807, 2.05) is 48.5 Å². The van der Waals surface area contributed by atoms with Gasteiger partial charge in [0, 0.05) is 16.7 Å². The number of halogens is 1. The number of rotatable bonds is 7. The number of anilines is 1. The number of hydrogen-bond donors (Lipinski definition) is 2. The molecule has 0 aliphatic carbocycles. The maximum Gasteiger partial charge on any atom is 0.120 e. The fourth-order valence-corrected chi connectivity index (χ4v) is 2.13. The van der Waals surface area contributed by atoms with Gasteiger partial charge in [0.1, 0.15) is 24.2 Å². The van der Waals surface area contributed by atoms with Crippen LogP contribution in [0.3, 0.4) is 0 Å². The van der Waals surface area contributed by atoms with Crippen LogP contribution in [0.2, 0.25) is 0 Å². The van der Waals surface area contributed by atoms with Crippen LogP contribution in [0.25, 0.3) is 0 Å². The average molecular weight is 352 g/mol. The predicted octanol–water partition coefficient (Wildman–Crippen LogP) is 3.31. The number of aliphatic hydroxyl groups is 1. The Morgan fingerprint density at radius 2 is 1.90 bits per heavy atom. The Morgan fingerprint density at radius 3 is 2.57 bits per heavy atom. The van der Waals surface area contributed by atoms with Crippen LogP contribution in [0.1, 0.15) is 0 Å². The lowest BCUT2D eigenvalue weighted by atomic mass is 10.3. The Labute approximate surface area is 132 Å². The van der Waals surface area contributed by atoms with E-state index in [9.17, 15) is 5.11 Å². The van der Waals surface area contributed by atoms with Gasteiger partial charge in [0.15, 0.2) is 0 Å². The third-order valence-electron chi connectivity index (χ3n) is 2.87. The Kier molecular flexibility index (Phi) is 5.90. The van der Waals surface area contributed by atoms with E-state index in [1.54, 1.807) is 7.11 Å². The molecule has 0 aliphatic heterocycles. The third kappa shape index (κ3) is 5.28. The van der Waals surface area contributed by atoms with Crippen LogP contribution < -0.4 is 14.8 Å². The number of aliphatic hydroxyl groups excluding tert-OH is 1. The zero-order valence-electron chi connectivity index (χ0n) is 11.8. The van der Waals surface area contributed by atoms with Crippen molar-refractivity contribution in [1.82, 2.24) is 0 Å². The van der Waals surface area contributed by atoms with Crippen LogP contribution in [-0.4, -0.2) is 31.5 Å². The summed E-state index contributed by atoms with van der Waals surface area (Å²) in [4.78, 5) is 0. The highest BCUT2D eigenvalue weighted by atomic mass is 79.9. The molecule has 0 saturated carbocycles. The number of benzene rings is 2. The van der Waals surface area contributed by atoms with Gasteiger partial charge in [-0.3, -0.25) is 0 Å². The Morgan fingerprint density at radius 1 is 1.14 bits per heavy atom. The smallest absolute Gasteiger partial charge is 0.120 e. The molecule has 0 heterocycles. The summed E-state index contributed by atoms with van der Waals surface area (Å²) in [6, 6.07) is 15.1. The molecule has 2 rings (SSSR count). The summed E-state index contributed by atoms with van der Waals surface area (Å²) in [6.45, 7) is 0.653. The molecule has 5 heteroatoms. The molecule has 0 radical (unpaired) electrons. The van der Waals surface area contributed by atoms with E-state index in [4.69, 9.17) is 9.47 Å². The van der Waals surface area contributed by atoms with Gasteiger partial charge < -0.3 is 19.9 Å². The van der Waals surface area contributed by atoms with Gasteiger partial charge >= 0.3 is 0 Å². The van der Waals surface area contributed by atoms with Crippen molar-refractivity contribution in [3.63, 3.8) is 0 Å². The molecular weight excluding hydrogens is 334 g/mol. The second-order valence-electron chi connectivity index (χ2n) is 4.53.